The minimum atomic E-state index is -1.10. The summed E-state index contributed by atoms with van der Waals surface area (Å²) in [6.07, 6.45) is 0.492. The smallest absolute Gasteiger partial charge is 0.325 e. The van der Waals surface area contributed by atoms with E-state index in [2.05, 4.69) is 10.6 Å². The first kappa shape index (κ1) is 16.6. The summed E-state index contributed by atoms with van der Waals surface area (Å²) < 4.78 is 12.7. The molecule has 114 valence electrons. The van der Waals surface area contributed by atoms with Gasteiger partial charge in [-0.15, -0.1) is 0 Å². The molecule has 0 aliphatic carbocycles. The summed E-state index contributed by atoms with van der Waals surface area (Å²) in [5.41, 5.74) is 0.334. The number of carbonyl (C=O) groups is 3. The molecule has 0 spiro atoms. The molecule has 1 aromatic rings. The van der Waals surface area contributed by atoms with Gasteiger partial charge in [0.25, 0.3) is 5.91 Å². The highest BCUT2D eigenvalue weighted by molar-refractivity contribution is 5.94. The molecule has 6 nitrogen and oxygen atoms in total. The maximum atomic E-state index is 12.7. The van der Waals surface area contributed by atoms with E-state index < -0.39 is 17.8 Å². The fourth-order valence-electron chi connectivity index (χ4n) is 1.53. The van der Waals surface area contributed by atoms with Crippen LogP contribution in [0.15, 0.2) is 24.3 Å². The van der Waals surface area contributed by atoms with Crippen molar-refractivity contribution in [2.24, 2.45) is 0 Å². The van der Waals surface area contributed by atoms with Crippen molar-refractivity contribution in [2.75, 3.05) is 6.54 Å². The molecule has 0 bridgehead atoms. The summed E-state index contributed by atoms with van der Waals surface area (Å²) in [5, 5.41) is 13.5. The fourth-order valence-corrected chi connectivity index (χ4v) is 1.53. The van der Waals surface area contributed by atoms with Crippen LogP contribution in [0.3, 0.4) is 0 Å². The number of carbonyl (C=O) groups excluding carboxylic acids is 2. The van der Waals surface area contributed by atoms with E-state index in [1.165, 1.54) is 31.2 Å². The summed E-state index contributed by atoms with van der Waals surface area (Å²) in [4.78, 5) is 33.6. The molecule has 0 radical (unpaired) electrons. The number of rotatable bonds is 7. The molecular weight excluding hydrogens is 279 g/mol. The zero-order valence-corrected chi connectivity index (χ0v) is 11.6. The van der Waals surface area contributed by atoms with Gasteiger partial charge in [-0.2, -0.15) is 0 Å². The van der Waals surface area contributed by atoms with E-state index in [9.17, 15) is 18.8 Å². The molecule has 2 amide bonds. The van der Waals surface area contributed by atoms with Crippen molar-refractivity contribution in [2.45, 2.75) is 25.8 Å². The van der Waals surface area contributed by atoms with Crippen LogP contribution in [0.5, 0.6) is 0 Å². The van der Waals surface area contributed by atoms with Crippen LogP contribution >= 0.6 is 0 Å². The summed E-state index contributed by atoms with van der Waals surface area (Å²) in [7, 11) is 0. The Morgan fingerprint density at radius 1 is 1.24 bits per heavy atom. The van der Waals surface area contributed by atoms with E-state index >= 15 is 0 Å². The quantitative estimate of drug-likeness (QED) is 0.652. The van der Waals surface area contributed by atoms with Gasteiger partial charge in [0.2, 0.25) is 5.91 Å². The van der Waals surface area contributed by atoms with Crippen LogP contribution in [0.1, 0.15) is 30.1 Å². The Kier molecular flexibility index (Phi) is 6.32. The molecule has 1 atom stereocenters. The van der Waals surface area contributed by atoms with Crippen LogP contribution in [-0.4, -0.2) is 35.5 Å². The average molecular weight is 296 g/mol. The standard InChI is InChI=1S/C14H17FN2O4/c1-9(14(20)21)17-12(18)3-2-8-16-13(19)10-4-6-11(15)7-5-10/h4-7,9H,2-3,8H2,1H3,(H,16,19)(H,17,18)(H,20,21)/t9-/m1/s1. The summed E-state index contributed by atoms with van der Waals surface area (Å²) in [6, 6.07) is 4.18. The molecule has 1 rings (SSSR count). The molecule has 0 aliphatic heterocycles. The number of hydrogen-bond donors (Lipinski definition) is 3. The first-order valence-corrected chi connectivity index (χ1v) is 6.46. The predicted molar refractivity (Wildman–Crippen MR) is 73.2 cm³/mol. The molecule has 0 unspecified atom stereocenters. The number of aliphatic carboxylic acids is 1. The zero-order valence-electron chi connectivity index (χ0n) is 11.6. The number of carboxylic acid groups (broad SMARTS) is 1. The number of benzene rings is 1. The molecule has 1 aromatic carbocycles. The maximum absolute atomic E-state index is 12.7. The van der Waals surface area contributed by atoms with E-state index in [0.717, 1.165) is 0 Å². The summed E-state index contributed by atoms with van der Waals surface area (Å²) in [6.45, 7) is 1.64. The van der Waals surface area contributed by atoms with Gasteiger partial charge in [0, 0.05) is 18.5 Å². The lowest BCUT2D eigenvalue weighted by Crippen LogP contribution is -2.38. The Morgan fingerprint density at radius 3 is 2.43 bits per heavy atom. The van der Waals surface area contributed by atoms with Crippen LogP contribution in [0.4, 0.5) is 4.39 Å². The molecule has 7 heteroatoms. The third-order valence-electron chi connectivity index (χ3n) is 2.72. The minimum absolute atomic E-state index is 0.112. The Labute approximate surface area is 121 Å². The fraction of sp³-hybridized carbons (Fsp3) is 0.357. The topological polar surface area (TPSA) is 95.5 Å². The Hall–Kier alpha value is -2.44. The Morgan fingerprint density at radius 2 is 1.86 bits per heavy atom. The number of carboxylic acids is 1. The molecule has 0 saturated heterocycles. The van der Waals surface area contributed by atoms with Gasteiger partial charge in [-0.05, 0) is 37.6 Å². The first-order chi connectivity index (χ1) is 9.90. The molecule has 0 aromatic heterocycles. The van der Waals surface area contributed by atoms with Gasteiger partial charge >= 0.3 is 5.97 Å². The molecule has 21 heavy (non-hydrogen) atoms. The molecular formula is C14H17FN2O4. The summed E-state index contributed by atoms with van der Waals surface area (Å²) in [5.74, 6) is -2.26. The van der Waals surface area contributed by atoms with Gasteiger partial charge in [-0.25, -0.2) is 4.39 Å². The lowest BCUT2D eigenvalue weighted by molar-refractivity contribution is -0.141. The van der Waals surface area contributed by atoms with Crippen LogP contribution in [0.25, 0.3) is 0 Å². The Bertz CT molecular complexity index is 516. The van der Waals surface area contributed by atoms with Crippen LogP contribution in [0.2, 0.25) is 0 Å². The van der Waals surface area contributed by atoms with Crippen LogP contribution < -0.4 is 10.6 Å². The van der Waals surface area contributed by atoms with Crippen LogP contribution in [-0.2, 0) is 9.59 Å². The monoisotopic (exact) mass is 296 g/mol. The minimum Gasteiger partial charge on any atom is -0.480 e. The summed E-state index contributed by atoms with van der Waals surface area (Å²) >= 11 is 0. The van der Waals surface area contributed by atoms with Crippen LogP contribution in [0, 0.1) is 5.82 Å². The van der Waals surface area contributed by atoms with Crippen molar-refractivity contribution in [1.82, 2.24) is 10.6 Å². The largest absolute Gasteiger partial charge is 0.480 e. The normalized spacial score (nSPS) is 11.5. The van der Waals surface area contributed by atoms with Gasteiger partial charge in [-0.3, -0.25) is 14.4 Å². The van der Waals surface area contributed by atoms with E-state index in [4.69, 9.17) is 5.11 Å². The number of halogens is 1. The van der Waals surface area contributed by atoms with Crippen molar-refractivity contribution in [3.63, 3.8) is 0 Å². The van der Waals surface area contributed by atoms with Gasteiger partial charge in [0.05, 0.1) is 0 Å². The predicted octanol–water partition coefficient (Wildman–Crippen LogP) is 0.925. The van der Waals surface area contributed by atoms with Crippen molar-refractivity contribution in [3.05, 3.63) is 35.6 Å². The van der Waals surface area contributed by atoms with Gasteiger partial charge < -0.3 is 15.7 Å². The van der Waals surface area contributed by atoms with Gasteiger partial charge in [0.15, 0.2) is 0 Å². The molecule has 0 saturated carbocycles. The van der Waals surface area contributed by atoms with E-state index in [1.807, 2.05) is 0 Å². The molecule has 0 aliphatic rings. The second-order valence-corrected chi connectivity index (χ2v) is 4.49. The second-order valence-electron chi connectivity index (χ2n) is 4.49. The highest BCUT2D eigenvalue weighted by Gasteiger charge is 2.13. The molecule has 0 fully saturated rings. The van der Waals surface area contributed by atoms with Crippen molar-refractivity contribution < 1.29 is 23.9 Å². The highest BCUT2D eigenvalue weighted by Crippen LogP contribution is 2.02. The first-order valence-electron chi connectivity index (χ1n) is 6.46. The van der Waals surface area contributed by atoms with Gasteiger partial charge in [-0.1, -0.05) is 0 Å². The average Bonchev–Trinajstić information content (AvgIpc) is 2.44. The molecule has 0 heterocycles. The third kappa shape index (κ3) is 6.03. The van der Waals surface area contributed by atoms with E-state index in [-0.39, 0.29) is 24.8 Å². The maximum Gasteiger partial charge on any atom is 0.325 e. The van der Waals surface area contributed by atoms with Crippen molar-refractivity contribution >= 4 is 17.8 Å². The highest BCUT2D eigenvalue weighted by atomic mass is 19.1. The Balaban J connectivity index is 2.25. The third-order valence-corrected chi connectivity index (χ3v) is 2.72. The number of amides is 2. The lowest BCUT2D eigenvalue weighted by Gasteiger charge is -2.09. The van der Waals surface area contributed by atoms with E-state index in [1.54, 1.807) is 0 Å². The molecule has 3 N–H and O–H groups in total. The van der Waals surface area contributed by atoms with Gasteiger partial charge in [0.1, 0.15) is 11.9 Å². The number of hydrogen-bond acceptors (Lipinski definition) is 3. The SMILES string of the molecule is C[C@@H](NC(=O)CCCNC(=O)c1ccc(F)cc1)C(=O)O. The van der Waals surface area contributed by atoms with Crippen molar-refractivity contribution in [1.29, 1.82) is 0 Å². The zero-order chi connectivity index (χ0) is 15.8. The lowest BCUT2D eigenvalue weighted by atomic mass is 10.2. The number of nitrogens with one attached hydrogen (secondary N) is 2. The second kappa shape index (κ2) is 7.98. The van der Waals surface area contributed by atoms with Crippen molar-refractivity contribution in [3.8, 4) is 0 Å². The van der Waals surface area contributed by atoms with E-state index in [0.29, 0.717) is 12.0 Å².